The van der Waals surface area contributed by atoms with Crippen molar-refractivity contribution in [2.45, 2.75) is 38.5 Å². The lowest BCUT2D eigenvalue weighted by molar-refractivity contribution is 0.0534. The predicted molar refractivity (Wildman–Crippen MR) is 127 cm³/mol. The number of hydrogen-bond donors (Lipinski definition) is 2. The van der Waals surface area contributed by atoms with Gasteiger partial charge in [0.15, 0.2) is 0 Å². The zero-order chi connectivity index (χ0) is 21.6. The molecule has 0 bridgehead atoms. The van der Waals surface area contributed by atoms with Crippen LogP contribution in [-0.2, 0) is 4.84 Å². The molecule has 166 valence electrons. The van der Waals surface area contributed by atoms with Crippen molar-refractivity contribution in [3.63, 3.8) is 0 Å². The molecule has 0 aromatic carbocycles. The van der Waals surface area contributed by atoms with Gasteiger partial charge in [0.05, 0.1) is 18.0 Å². The predicted octanol–water partition coefficient (Wildman–Crippen LogP) is 4.09. The molecule has 0 aromatic rings. The Kier molecular flexibility index (Phi) is 7.07. The van der Waals surface area contributed by atoms with E-state index >= 15 is 0 Å². The molecule has 1 saturated carbocycles. The highest BCUT2D eigenvalue weighted by atomic mass is 16.6. The van der Waals surface area contributed by atoms with Crippen LogP contribution in [0.2, 0.25) is 0 Å². The summed E-state index contributed by atoms with van der Waals surface area (Å²) in [7, 11) is 1.91. The standard InChI is InChI=1S/C25H35N5O/c1-4-18-16-30(17-18)23(11-13-26-2)24(25(28-27-3)19-7-5-6-8-19)21-9-10-22-20(15-21)12-14-31-29-22/h4,9-11,13,18-19,21,27,29H,1-2,5-8,12,14-17H2,3H3/b13-11-,24-23-,28-25-. The highest BCUT2D eigenvalue weighted by Crippen LogP contribution is 2.39. The lowest BCUT2D eigenvalue weighted by Crippen LogP contribution is -2.45. The maximum Gasteiger partial charge on any atom is 0.0784 e. The topological polar surface area (TPSA) is 61.2 Å². The first-order valence-corrected chi connectivity index (χ1v) is 11.5. The van der Waals surface area contributed by atoms with Crippen LogP contribution in [0.4, 0.5) is 0 Å². The first-order chi connectivity index (χ1) is 15.2. The molecule has 4 aliphatic rings. The van der Waals surface area contributed by atoms with E-state index < -0.39 is 0 Å². The van der Waals surface area contributed by atoms with E-state index in [4.69, 9.17) is 9.94 Å². The average molecular weight is 422 g/mol. The van der Waals surface area contributed by atoms with Gasteiger partial charge in [0.1, 0.15) is 0 Å². The zero-order valence-electron chi connectivity index (χ0n) is 18.6. The molecule has 2 aliphatic heterocycles. The van der Waals surface area contributed by atoms with Gasteiger partial charge in [0, 0.05) is 55.4 Å². The van der Waals surface area contributed by atoms with Crippen LogP contribution in [0.25, 0.3) is 0 Å². The van der Waals surface area contributed by atoms with E-state index in [0.717, 1.165) is 38.2 Å². The van der Waals surface area contributed by atoms with Crippen molar-refractivity contribution in [3.8, 4) is 0 Å². The van der Waals surface area contributed by atoms with Crippen molar-refractivity contribution in [2.24, 2.45) is 27.8 Å². The molecule has 0 spiro atoms. The van der Waals surface area contributed by atoms with Crippen molar-refractivity contribution in [1.82, 2.24) is 15.8 Å². The minimum Gasteiger partial charge on any atom is -0.370 e. The van der Waals surface area contributed by atoms with Crippen LogP contribution in [0, 0.1) is 17.8 Å². The van der Waals surface area contributed by atoms with E-state index in [2.05, 4.69) is 58.4 Å². The third-order valence-electron chi connectivity index (χ3n) is 6.85. The molecule has 1 saturated heterocycles. The van der Waals surface area contributed by atoms with Crippen molar-refractivity contribution >= 4 is 12.4 Å². The molecule has 0 radical (unpaired) electrons. The summed E-state index contributed by atoms with van der Waals surface area (Å²) in [4.78, 5) is 11.9. The number of hydrazone groups is 1. The van der Waals surface area contributed by atoms with Crippen LogP contribution >= 0.6 is 0 Å². The fourth-order valence-electron chi connectivity index (χ4n) is 5.17. The van der Waals surface area contributed by atoms with Crippen molar-refractivity contribution < 1.29 is 4.84 Å². The van der Waals surface area contributed by atoms with Crippen LogP contribution in [-0.4, -0.2) is 44.1 Å². The summed E-state index contributed by atoms with van der Waals surface area (Å²) in [6, 6.07) is 0. The summed E-state index contributed by atoms with van der Waals surface area (Å²) in [5.41, 5.74) is 12.5. The van der Waals surface area contributed by atoms with E-state index in [-0.39, 0.29) is 5.92 Å². The Morgan fingerprint density at radius 3 is 2.84 bits per heavy atom. The minimum atomic E-state index is 0.276. The Morgan fingerprint density at radius 2 is 2.13 bits per heavy atom. The first-order valence-electron chi connectivity index (χ1n) is 11.5. The van der Waals surface area contributed by atoms with E-state index in [1.54, 1.807) is 0 Å². The number of likely N-dealkylation sites (tertiary alicyclic amines) is 1. The zero-order valence-corrected chi connectivity index (χ0v) is 18.6. The number of aliphatic imine (C=N–C) groups is 1. The number of hydrogen-bond acceptors (Lipinski definition) is 6. The molecule has 0 amide bonds. The van der Waals surface area contributed by atoms with E-state index in [1.165, 1.54) is 48.2 Å². The fourth-order valence-corrected chi connectivity index (χ4v) is 5.17. The largest absolute Gasteiger partial charge is 0.370 e. The van der Waals surface area contributed by atoms with E-state index in [1.807, 2.05) is 13.2 Å². The normalized spacial score (nSPS) is 25.8. The number of nitrogens with zero attached hydrogens (tertiary/aromatic N) is 3. The number of allylic oxidation sites excluding steroid dienone is 4. The van der Waals surface area contributed by atoms with Gasteiger partial charge in [-0.2, -0.15) is 5.10 Å². The summed E-state index contributed by atoms with van der Waals surface area (Å²) in [5.74, 6) is 1.31. The van der Waals surface area contributed by atoms with Crippen LogP contribution in [0.15, 0.2) is 69.7 Å². The molecule has 1 atom stereocenters. The SMILES string of the molecule is C=CC1CN(C(/C=C\N=C)=C(\C(=N/NC)C2CCCC2)C2C=CC3=C(CCON3)C2)C1. The molecule has 0 aromatic heterocycles. The molecule has 2 N–H and O–H groups in total. The fraction of sp³-hybridized carbons (Fsp3) is 0.520. The van der Waals surface area contributed by atoms with Gasteiger partial charge in [-0.1, -0.05) is 25.0 Å². The molecule has 1 unspecified atom stereocenters. The summed E-state index contributed by atoms with van der Waals surface area (Å²) in [5, 5.41) is 4.89. The summed E-state index contributed by atoms with van der Waals surface area (Å²) in [6.07, 6.45) is 17.4. The van der Waals surface area contributed by atoms with Gasteiger partial charge >= 0.3 is 0 Å². The number of hydroxylamine groups is 1. The molecular weight excluding hydrogens is 386 g/mol. The van der Waals surface area contributed by atoms with Crippen LogP contribution in [0.1, 0.15) is 38.5 Å². The Balaban J connectivity index is 1.78. The lowest BCUT2D eigenvalue weighted by Gasteiger charge is -2.43. The van der Waals surface area contributed by atoms with Crippen molar-refractivity contribution in [2.75, 3.05) is 26.7 Å². The maximum absolute atomic E-state index is 5.44. The van der Waals surface area contributed by atoms with Gasteiger partial charge in [-0.15, -0.1) is 6.58 Å². The third-order valence-corrected chi connectivity index (χ3v) is 6.85. The van der Waals surface area contributed by atoms with Gasteiger partial charge < -0.3 is 10.3 Å². The number of nitrogens with one attached hydrogen (secondary N) is 2. The Morgan fingerprint density at radius 1 is 1.32 bits per heavy atom. The van der Waals surface area contributed by atoms with Crippen molar-refractivity contribution in [3.05, 3.63) is 59.6 Å². The molecular formula is C25H35N5O. The molecule has 6 nitrogen and oxygen atoms in total. The van der Waals surface area contributed by atoms with Crippen LogP contribution in [0.5, 0.6) is 0 Å². The molecule has 4 rings (SSSR count). The maximum atomic E-state index is 5.44. The second kappa shape index (κ2) is 10.1. The third kappa shape index (κ3) is 4.69. The van der Waals surface area contributed by atoms with Gasteiger partial charge in [-0.25, -0.2) is 0 Å². The Bertz CT molecular complexity index is 838. The van der Waals surface area contributed by atoms with Gasteiger partial charge in [0.25, 0.3) is 0 Å². The summed E-state index contributed by atoms with van der Waals surface area (Å²) >= 11 is 0. The second-order valence-electron chi connectivity index (χ2n) is 8.79. The molecule has 2 aliphatic carbocycles. The molecule has 2 fully saturated rings. The summed E-state index contributed by atoms with van der Waals surface area (Å²) in [6.45, 7) is 10.4. The quantitative estimate of drug-likeness (QED) is 0.268. The van der Waals surface area contributed by atoms with Gasteiger partial charge in [0.2, 0.25) is 0 Å². The molecule has 6 heteroatoms. The van der Waals surface area contributed by atoms with E-state index in [0.29, 0.717) is 11.8 Å². The highest BCUT2D eigenvalue weighted by Gasteiger charge is 2.35. The molecule has 2 heterocycles. The molecule has 31 heavy (non-hydrogen) atoms. The van der Waals surface area contributed by atoms with Crippen LogP contribution in [0.3, 0.4) is 0 Å². The minimum absolute atomic E-state index is 0.276. The monoisotopic (exact) mass is 421 g/mol. The summed E-state index contributed by atoms with van der Waals surface area (Å²) < 4.78 is 0. The Hall–Kier alpha value is -2.60. The second-order valence-corrected chi connectivity index (χ2v) is 8.79. The first kappa shape index (κ1) is 21.6. The van der Waals surface area contributed by atoms with Crippen LogP contribution < -0.4 is 10.9 Å². The smallest absolute Gasteiger partial charge is 0.0784 e. The van der Waals surface area contributed by atoms with Gasteiger partial charge in [-0.05, 0) is 50.1 Å². The highest BCUT2D eigenvalue weighted by molar-refractivity contribution is 6.03. The Labute approximate surface area is 186 Å². The number of rotatable bonds is 8. The van der Waals surface area contributed by atoms with E-state index in [9.17, 15) is 0 Å². The van der Waals surface area contributed by atoms with Crippen molar-refractivity contribution in [1.29, 1.82) is 0 Å². The lowest BCUT2D eigenvalue weighted by atomic mass is 9.78. The van der Waals surface area contributed by atoms with Gasteiger partial charge in [-0.3, -0.25) is 15.3 Å². The average Bonchev–Trinajstić information content (AvgIpc) is 3.30.